The Bertz CT molecular complexity index is 429. The molecule has 1 saturated heterocycles. The predicted octanol–water partition coefficient (Wildman–Crippen LogP) is -2.35. The fraction of sp³-hybridized carbons (Fsp3) is 0.733. The molecular formula is C15H24O9. The number of hydrogen-bond donors (Lipinski definition) is 5. The molecule has 0 aliphatic carbocycles. The minimum atomic E-state index is -1.39. The lowest BCUT2D eigenvalue weighted by molar-refractivity contribution is -0.328. The van der Waals surface area contributed by atoms with Crippen molar-refractivity contribution in [2.24, 2.45) is 0 Å². The van der Waals surface area contributed by atoms with Crippen molar-refractivity contribution in [3.63, 3.8) is 0 Å². The Labute approximate surface area is 139 Å². The molecule has 0 unspecified atom stereocenters. The molecule has 0 aromatic carbocycles. The molecule has 9 nitrogen and oxygen atoms in total. The first-order chi connectivity index (χ1) is 11.5. The zero-order valence-electron chi connectivity index (χ0n) is 13.0. The van der Waals surface area contributed by atoms with Gasteiger partial charge in [0.2, 0.25) is 0 Å². The lowest BCUT2D eigenvalue weighted by Gasteiger charge is -2.44. The van der Waals surface area contributed by atoms with E-state index in [0.717, 1.165) is 0 Å². The first-order valence-electron chi connectivity index (χ1n) is 7.65. The zero-order chi connectivity index (χ0) is 17.7. The van der Waals surface area contributed by atoms with E-state index in [9.17, 15) is 25.5 Å². The van der Waals surface area contributed by atoms with E-state index >= 15 is 0 Å². The second-order valence-corrected chi connectivity index (χ2v) is 5.57. The summed E-state index contributed by atoms with van der Waals surface area (Å²) in [6.07, 6.45) is -5.00. The van der Waals surface area contributed by atoms with Crippen LogP contribution in [0, 0.1) is 0 Å². The number of ether oxygens (including phenoxy) is 4. The molecule has 0 amide bonds. The van der Waals surface area contributed by atoms with Crippen molar-refractivity contribution in [1.29, 1.82) is 0 Å². The van der Waals surface area contributed by atoms with Gasteiger partial charge in [0.1, 0.15) is 42.7 Å². The minimum absolute atomic E-state index is 0.0703. The topological polar surface area (TPSA) is 138 Å². The summed E-state index contributed by atoms with van der Waals surface area (Å²) in [5.41, 5.74) is 0. The molecule has 5 N–H and O–H groups in total. The van der Waals surface area contributed by atoms with Gasteiger partial charge < -0.3 is 44.5 Å². The molecule has 0 spiro atoms. The Morgan fingerprint density at radius 2 is 1.75 bits per heavy atom. The molecule has 9 heteroatoms. The first-order valence-corrected chi connectivity index (χ1v) is 7.65. The van der Waals surface area contributed by atoms with Crippen LogP contribution in [0.25, 0.3) is 0 Å². The normalized spacial score (nSPS) is 42.5. The summed E-state index contributed by atoms with van der Waals surface area (Å²) in [7, 11) is 0. The highest BCUT2D eigenvalue weighted by atomic mass is 16.7. The van der Waals surface area contributed by atoms with Crippen LogP contribution >= 0.6 is 0 Å². The first kappa shape index (κ1) is 19.3. The highest BCUT2D eigenvalue weighted by Gasteiger charge is 2.47. The Balaban J connectivity index is 2.12. The van der Waals surface area contributed by atoms with Crippen LogP contribution in [0.2, 0.25) is 0 Å². The second-order valence-electron chi connectivity index (χ2n) is 5.57. The summed E-state index contributed by atoms with van der Waals surface area (Å²) in [6.45, 7) is 2.62. The van der Waals surface area contributed by atoms with Crippen LogP contribution in [0.1, 0.15) is 0 Å². The van der Waals surface area contributed by atoms with E-state index < -0.39 is 62.2 Å². The molecule has 0 aromatic heterocycles. The van der Waals surface area contributed by atoms with E-state index in [1.54, 1.807) is 0 Å². The van der Waals surface area contributed by atoms with Crippen molar-refractivity contribution in [2.75, 3.05) is 19.8 Å². The van der Waals surface area contributed by atoms with Crippen molar-refractivity contribution in [1.82, 2.24) is 0 Å². The maximum absolute atomic E-state index is 10.4. The zero-order valence-corrected chi connectivity index (χ0v) is 13.0. The highest BCUT2D eigenvalue weighted by Crippen LogP contribution is 2.27. The van der Waals surface area contributed by atoms with Gasteiger partial charge in [-0.05, 0) is 6.08 Å². The smallest absolute Gasteiger partial charge is 0.187 e. The van der Waals surface area contributed by atoms with Gasteiger partial charge in [-0.2, -0.15) is 0 Å². The Morgan fingerprint density at radius 3 is 2.38 bits per heavy atom. The molecule has 8 atom stereocenters. The SMILES string of the molecule is C=CCO[C@H]1[C@@H](O)[C@@H](CO)O[C@@H](O[C@H]2[C@@H](O)C=CO[C@@H]2CO)[C@@H]1O. The second kappa shape index (κ2) is 8.88. The van der Waals surface area contributed by atoms with Crippen LogP contribution in [-0.4, -0.2) is 94.4 Å². The molecule has 0 saturated carbocycles. The molecule has 2 rings (SSSR count). The Morgan fingerprint density at radius 1 is 1.04 bits per heavy atom. The average molecular weight is 348 g/mol. The monoisotopic (exact) mass is 348 g/mol. The Kier molecular flexibility index (Phi) is 7.14. The van der Waals surface area contributed by atoms with Gasteiger partial charge in [-0.3, -0.25) is 0 Å². The van der Waals surface area contributed by atoms with E-state index in [-0.39, 0.29) is 6.61 Å². The molecule has 24 heavy (non-hydrogen) atoms. The van der Waals surface area contributed by atoms with Crippen molar-refractivity contribution in [2.45, 2.75) is 49.0 Å². The fourth-order valence-electron chi connectivity index (χ4n) is 2.65. The van der Waals surface area contributed by atoms with Gasteiger partial charge in [-0.25, -0.2) is 0 Å². The van der Waals surface area contributed by atoms with Crippen molar-refractivity contribution in [3.05, 3.63) is 25.0 Å². The molecule has 0 bridgehead atoms. The van der Waals surface area contributed by atoms with Crippen LogP contribution < -0.4 is 0 Å². The van der Waals surface area contributed by atoms with Gasteiger partial charge >= 0.3 is 0 Å². The van der Waals surface area contributed by atoms with Crippen molar-refractivity contribution < 1.29 is 44.5 Å². The van der Waals surface area contributed by atoms with Crippen LogP contribution in [-0.2, 0) is 18.9 Å². The third-order valence-electron chi connectivity index (χ3n) is 3.93. The molecule has 2 aliphatic heterocycles. The maximum atomic E-state index is 10.4. The molecule has 1 fully saturated rings. The number of aliphatic hydroxyl groups is 5. The summed E-state index contributed by atoms with van der Waals surface area (Å²) in [5.74, 6) is 0. The fourth-order valence-corrected chi connectivity index (χ4v) is 2.65. The number of hydrogen-bond acceptors (Lipinski definition) is 9. The van der Waals surface area contributed by atoms with Gasteiger partial charge in [0.15, 0.2) is 6.29 Å². The quantitative estimate of drug-likeness (QED) is 0.320. The highest BCUT2D eigenvalue weighted by molar-refractivity contribution is 4.99. The molecule has 0 aromatic rings. The number of rotatable bonds is 7. The van der Waals surface area contributed by atoms with Gasteiger partial charge in [0, 0.05) is 0 Å². The molecular weight excluding hydrogens is 324 g/mol. The van der Waals surface area contributed by atoms with Gasteiger partial charge in [0.25, 0.3) is 0 Å². The predicted molar refractivity (Wildman–Crippen MR) is 79.7 cm³/mol. The summed E-state index contributed by atoms with van der Waals surface area (Å²) >= 11 is 0. The average Bonchev–Trinajstić information content (AvgIpc) is 2.58. The standard InChI is InChI=1S/C15H24O9/c1-2-4-22-14-11(19)9(6-16)23-15(12(14)20)24-13-8(18)3-5-21-10(13)7-17/h2-3,5,8-20H,1,4,6-7H2/t8-,9+,10+,11-,12+,13-,14-,15-/m0/s1. The van der Waals surface area contributed by atoms with E-state index in [1.165, 1.54) is 18.4 Å². The van der Waals surface area contributed by atoms with Crippen molar-refractivity contribution in [3.8, 4) is 0 Å². The molecule has 2 heterocycles. The summed E-state index contributed by atoms with van der Waals surface area (Å²) in [6, 6.07) is 0. The van der Waals surface area contributed by atoms with Gasteiger partial charge in [-0.15, -0.1) is 6.58 Å². The van der Waals surface area contributed by atoms with E-state index in [2.05, 4.69) is 6.58 Å². The number of aliphatic hydroxyl groups excluding tert-OH is 5. The van der Waals surface area contributed by atoms with E-state index in [1.807, 2.05) is 0 Å². The molecule has 138 valence electrons. The van der Waals surface area contributed by atoms with E-state index in [4.69, 9.17) is 18.9 Å². The summed E-state index contributed by atoms with van der Waals surface area (Å²) < 4.78 is 21.4. The summed E-state index contributed by atoms with van der Waals surface area (Å²) in [4.78, 5) is 0. The summed E-state index contributed by atoms with van der Waals surface area (Å²) in [5, 5.41) is 49.1. The van der Waals surface area contributed by atoms with Crippen LogP contribution in [0.15, 0.2) is 25.0 Å². The van der Waals surface area contributed by atoms with Crippen LogP contribution in [0.5, 0.6) is 0 Å². The van der Waals surface area contributed by atoms with E-state index in [0.29, 0.717) is 0 Å². The van der Waals surface area contributed by atoms with Crippen molar-refractivity contribution >= 4 is 0 Å². The third kappa shape index (κ3) is 4.13. The molecule has 0 radical (unpaired) electrons. The largest absolute Gasteiger partial charge is 0.493 e. The molecule has 2 aliphatic rings. The third-order valence-corrected chi connectivity index (χ3v) is 3.93. The lowest BCUT2D eigenvalue weighted by atomic mass is 9.98. The Hall–Kier alpha value is -1.04. The van der Waals surface area contributed by atoms with Crippen LogP contribution in [0.3, 0.4) is 0 Å². The van der Waals surface area contributed by atoms with Gasteiger partial charge in [0.05, 0.1) is 26.1 Å². The van der Waals surface area contributed by atoms with Crippen LogP contribution in [0.4, 0.5) is 0 Å². The maximum Gasteiger partial charge on any atom is 0.187 e. The lowest BCUT2D eigenvalue weighted by Crippen LogP contribution is -2.62. The van der Waals surface area contributed by atoms with Gasteiger partial charge in [-0.1, -0.05) is 6.08 Å². The minimum Gasteiger partial charge on any atom is -0.493 e.